The summed E-state index contributed by atoms with van der Waals surface area (Å²) in [6, 6.07) is 34.3. The molecule has 1 heterocycles. The summed E-state index contributed by atoms with van der Waals surface area (Å²) in [4.78, 5) is 4.21. The molecule has 4 aromatic carbocycles. The summed E-state index contributed by atoms with van der Waals surface area (Å²) in [5, 5.41) is 5.14. The van der Waals surface area contributed by atoms with Gasteiger partial charge in [-0.1, -0.05) is 156 Å². The van der Waals surface area contributed by atoms with E-state index in [1.165, 1.54) is 33.6 Å². The Morgan fingerprint density at radius 1 is 0.426 bits per heavy atom. The Bertz CT molecular complexity index is 1430. The molecule has 1 aliphatic heterocycles. The Balaban J connectivity index is 0.000000282. The topological polar surface area (TPSA) is 20.6 Å². The van der Waals surface area contributed by atoms with Gasteiger partial charge < -0.3 is 15.1 Å². The molecule has 0 fully saturated rings. The van der Waals surface area contributed by atoms with Crippen LogP contribution in [0.1, 0.15) is 105 Å². The average Bonchev–Trinajstić information content (AvgIpc) is 3.47. The van der Waals surface area contributed by atoms with Gasteiger partial charge in [0.25, 0.3) is 0 Å². The zero-order chi connectivity index (χ0) is 33.9. The van der Waals surface area contributed by atoms with Gasteiger partial charge in [0.1, 0.15) is 0 Å². The minimum absolute atomic E-state index is 0. The van der Waals surface area contributed by atoms with E-state index >= 15 is 0 Å². The predicted octanol–water partition coefficient (Wildman–Crippen LogP) is 12.8. The van der Waals surface area contributed by atoms with Gasteiger partial charge in [0.2, 0.25) is 0 Å². The minimum atomic E-state index is 0. The fraction of sp³-hybridized carbons (Fsp3) is 0.372. The van der Waals surface area contributed by atoms with Crippen molar-refractivity contribution in [1.82, 2.24) is 0 Å². The van der Waals surface area contributed by atoms with Crippen LogP contribution in [0.4, 0.5) is 22.7 Å². The molecule has 0 N–H and O–H groups in total. The van der Waals surface area contributed by atoms with Gasteiger partial charge in [-0.25, -0.2) is 0 Å². The molecule has 0 amide bonds. The van der Waals surface area contributed by atoms with Crippen molar-refractivity contribution in [2.75, 3.05) is 9.80 Å². The fourth-order valence-electron chi connectivity index (χ4n) is 5.09. The third kappa shape index (κ3) is 10.6. The third-order valence-corrected chi connectivity index (χ3v) is 8.30. The second kappa shape index (κ2) is 14.9. The summed E-state index contributed by atoms with van der Waals surface area (Å²) in [6.07, 6.45) is 4.12. The third-order valence-electron chi connectivity index (χ3n) is 8.30. The van der Waals surface area contributed by atoms with Gasteiger partial charge in [-0.05, 0) is 80.6 Å². The molecule has 4 heteroatoms. The molecular weight excluding hydrogens is 755 g/mol. The summed E-state index contributed by atoms with van der Waals surface area (Å²) < 4.78 is 0. The van der Waals surface area contributed by atoms with Crippen LogP contribution in [-0.2, 0) is 44.0 Å². The Morgan fingerprint density at radius 3 is 0.957 bits per heavy atom. The summed E-state index contributed by atoms with van der Waals surface area (Å²) in [5.74, 6) is 0. The summed E-state index contributed by atoms with van der Waals surface area (Å²) in [5.41, 5.74) is 10.2. The van der Waals surface area contributed by atoms with Crippen molar-refractivity contribution in [3.8, 4) is 0 Å². The van der Waals surface area contributed by atoms with Gasteiger partial charge in [0, 0.05) is 33.8 Å². The Morgan fingerprint density at radius 2 is 0.702 bits per heavy atom. The molecule has 0 spiro atoms. The molecule has 3 nitrogen and oxygen atoms in total. The van der Waals surface area contributed by atoms with E-state index in [4.69, 9.17) is 5.32 Å². The van der Waals surface area contributed by atoms with E-state index in [0.717, 1.165) is 11.4 Å². The quantitative estimate of drug-likeness (QED) is 0.151. The first-order chi connectivity index (χ1) is 21.3. The molecule has 1 radical (unpaired) electrons. The van der Waals surface area contributed by atoms with Crippen LogP contribution in [0.3, 0.4) is 0 Å². The summed E-state index contributed by atoms with van der Waals surface area (Å²) in [6.45, 7) is 29.4. The number of nitrogens with zero attached hydrogens (tertiary/aromatic N) is 3. The number of hydrogen-bond donors (Lipinski definition) is 0. The van der Waals surface area contributed by atoms with Crippen molar-refractivity contribution in [2.45, 2.75) is 105 Å². The van der Waals surface area contributed by atoms with Crippen LogP contribution in [0.25, 0.3) is 5.32 Å². The van der Waals surface area contributed by atoms with Crippen molar-refractivity contribution < 1.29 is 22.4 Å². The molecule has 0 saturated carbocycles. The number of hydrogen-bond acceptors (Lipinski definition) is 2. The first-order valence-electron chi connectivity index (χ1n) is 16.5. The second-order valence-corrected chi connectivity index (χ2v) is 16.5. The molecule has 0 bridgehead atoms. The fourth-order valence-corrected chi connectivity index (χ4v) is 5.09. The minimum Gasteiger partial charge on any atom is -0.658 e. The van der Waals surface area contributed by atoms with E-state index in [1.807, 2.05) is 36.4 Å². The van der Waals surface area contributed by atoms with Gasteiger partial charge >= 0.3 is 0 Å². The van der Waals surface area contributed by atoms with Crippen molar-refractivity contribution in [1.29, 1.82) is 0 Å². The first kappa shape index (κ1) is 38.2. The van der Waals surface area contributed by atoms with Crippen molar-refractivity contribution >= 4 is 22.7 Å². The molecule has 1 aliphatic rings. The van der Waals surface area contributed by atoms with Gasteiger partial charge in [-0.2, -0.15) is 0 Å². The Labute approximate surface area is 302 Å². The maximum Gasteiger partial charge on any atom is 0.0124 e. The van der Waals surface area contributed by atoms with Gasteiger partial charge in [-0.3, -0.25) is 0 Å². The van der Waals surface area contributed by atoms with Crippen molar-refractivity contribution in [3.63, 3.8) is 0 Å². The summed E-state index contributed by atoms with van der Waals surface area (Å²) >= 11 is 0. The van der Waals surface area contributed by atoms with Crippen LogP contribution in [0.15, 0.2) is 109 Å². The average molecular weight is 811 g/mol. The molecule has 5 rings (SSSR count). The molecule has 0 saturated heterocycles. The molecule has 0 aliphatic carbocycles. The summed E-state index contributed by atoms with van der Waals surface area (Å²) in [7, 11) is 0. The number of benzene rings is 4. The standard InChI is InChI=1S/C28H42N.C15H13N2.Au/c1-25(2,3)19-13-20(26(4,5)6)16-23(15-19)29-24-17-21(27(7,8)9)14-22(18-24)28(10,11)12;1-3-7-14(8-4-1)16-11-12-17(13-16)15-9-5-2-6-10-15;/h13-18H,1-12H3;1-13H;/q2*-1;. The number of rotatable bonds is 4. The van der Waals surface area contributed by atoms with Crippen LogP contribution in [0.5, 0.6) is 0 Å². The van der Waals surface area contributed by atoms with Crippen LogP contribution >= 0.6 is 0 Å². The number of anilines is 2. The van der Waals surface area contributed by atoms with Gasteiger partial charge in [0.15, 0.2) is 0 Å². The van der Waals surface area contributed by atoms with E-state index in [1.54, 1.807) is 0 Å². The second-order valence-electron chi connectivity index (χ2n) is 16.5. The Kier molecular flexibility index (Phi) is 12.1. The molecule has 0 atom stereocenters. The van der Waals surface area contributed by atoms with Crippen LogP contribution in [-0.4, -0.2) is 0 Å². The zero-order valence-corrected chi connectivity index (χ0v) is 32.8. The molecule has 255 valence electrons. The normalized spacial score (nSPS) is 13.5. The van der Waals surface area contributed by atoms with E-state index in [0.29, 0.717) is 0 Å². The largest absolute Gasteiger partial charge is 0.658 e. The van der Waals surface area contributed by atoms with Gasteiger partial charge in [0.05, 0.1) is 0 Å². The number of para-hydroxylation sites is 2. The monoisotopic (exact) mass is 810 g/mol. The molecule has 47 heavy (non-hydrogen) atoms. The molecule has 0 aromatic heterocycles. The predicted molar refractivity (Wildman–Crippen MR) is 202 cm³/mol. The van der Waals surface area contributed by atoms with Crippen molar-refractivity contribution in [2.24, 2.45) is 0 Å². The zero-order valence-electron chi connectivity index (χ0n) is 30.6. The van der Waals surface area contributed by atoms with E-state index in [-0.39, 0.29) is 44.0 Å². The van der Waals surface area contributed by atoms with Gasteiger partial charge in [-0.15, -0.1) is 18.0 Å². The van der Waals surface area contributed by atoms with E-state index < -0.39 is 0 Å². The maximum atomic E-state index is 5.14. The van der Waals surface area contributed by atoms with E-state index in [2.05, 4.69) is 173 Å². The SMILES string of the molecule is C1=CN(c2ccccc2)[CH-]N1c1ccccc1.CC(C)(C)c1cc([N-]c2cc(C(C)(C)C)cc(C(C)(C)C)c2)cc(C(C)(C)C)c1.[Au]. The smallest absolute Gasteiger partial charge is 0.0124 e. The van der Waals surface area contributed by atoms with Crippen molar-refractivity contribution in [3.05, 3.63) is 144 Å². The van der Waals surface area contributed by atoms with Crippen LogP contribution < -0.4 is 9.80 Å². The van der Waals surface area contributed by atoms with Crippen LogP contribution in [0, 0.1) is 6.67 Å². The van der Waals surface area contributed by atoms with Crippen LogP contribution in [0.2, 0.25) is 0 Å². The Hall–Kier alpha value is -3.24. The molecule has 0 unspecified atom stereocenters. The first-order valence-corrected chi connectivity index (χ1v) is 16.5. The van der Waals surface area contributed by atoms with E-state index in [9.17, 15) is 0 Å². The molecule has 4 aromatic rings. The molecular formula is C43H55AuN3-2. The maximum absolute atomic E-state index is 5.14.